The summed E-state index contributed by atoms with van der Waals surface area (Å²) in [6.45, 7) is 59.3. The van der Waals surface area contributed by atoms with Gasteiger partial charge in [-0.15, -0.1) is 0 Å². The van der Waals surface area contributed by atoms with E-state index < -0.39 is 0 Å². The molecule has 662 valence electrons. The number of anilines is 6. The molecule has 6 fully saturated rings. The molecule has 0 spiro atoms. The molecule has 9 aliphatic rings. The lowest BCUT2D eigenvalue weighted by Crippen LogP contribution is -2.56. The smallest absolute Gasteiger partial charge is 0.318 e. The van der Waals surface area contributed by atoms with Crippen LogP contribution in [0, 0.1) is 59.2 Å². The number of rotatable bonds is 23. The third kappa shape index (κ3) is 20.7. The minimum Gasteiger partial charge on any atom is -0.462 e. The number of ether oxygens (including phenoxy) is 3. The van der Waals surface area contributed by atoms with Crippen LogP contribution in [0.1, 0.15) is 95.6 Å². The van der Waals surface area contributed by atoms with Gasteiger partial charge in [-0.05, 0) is 185 Å². The Morgan fingerprint density at radius 2 is 0.872 bits per heavy atom. The summed E-state index contributed by atoms with van der Waals surface area (Å²) in [5.41, 5.74) is 16.4. The van der Waals surface area contributed by atoms with Crippen molar-refractivity contribution in [1.82, 2.24) is 68.8 Å². The number of piperazine rings is 3. The van der Waals surface area contributed by atoms with Crippen LogP contribution in [0.2, 0.25) is 0 Å². The average molecular weight is 1700 g/mol. The first-order valence-electron chi connectivity index (χ1n) is 44.7. The summed E-state index contributed by atoms with van der Waals surface area (Å²) in [6, 6.07) is 23.2. The van der Waals surface area contributed by atoms with Crippen LogP contribution in [0.25, 0.3) is 25.4 Å². The first-order chi connectivity index (χ1) is 60.4. The van der Waals surface area contributed by atoms with Crippen LogP contribution in [0.3, 0.4) is 0 Å². The van der Waals surface area contributed by atoms with E-state index in [9.17, 15) is 14.4 Å². The SMILES string of the molecule is [C-]#[N+]C[C@H]1CN(c2nc(OC[C@@H]3CCCN3C)nc3c2CCN(c2cccc4ccn(C)c24)C3)CCN1C(=O)C=C.[C-]#[N+]C[C@H]1CN(c2nc(OC[C@@H]3C[C@@H](C)CN3C)nc3c2CCN(c2cccc(C)c2C)C3)CCN1C(=O)/C=C/CN(C)C.[C-]#[N+]C[C@H]1CN(c2nc(OC[C@@H]3C[C@@H](C)CN3C)nc3c2CCN(c2cccc(C)c2C)C3)CCN1C(=O)C=C. The highest BCUT2D eigenvalue weighted by Gasteiger charge is 2.41. The molecule has 6 saturated heterocycles. The van der Waals surface area contributed by atoms with Crippen molar-refractivity contribution in [1.29, 1.82) is 0 Å². The maximum Gasteiger partial charge on any atom is 0.318 e. The standard InChI is InChI=1S/C34H48N8O2.C31H38N8O2.C31H41N7O2/c1-24-18-27(39(7)20-24)23-44-34-36-30-22-40(31-11-8-10-25(2)26(31)3)15-13-29(30)33(37-34)41-16-17-42(28(21-41)19-35-4)32(43)12-9-14-38(5)6;1-5-28(40)39-17-16-38(19-24(39)18-32-2)30-25-12-15-37(27-10-6-8-22-11-14-36(4)29(22)27)20-26(25)33-31(34-30)41-21-23-9-7-13-35(23)3;1-7-29(39)38-14-13-37(18-25(38)16-32-5)30-26-11-12-36(28-10-8-9-22(3)23(28)4)19-27(26)33-31(34-30)40-20-24-15-21(2)17-35(24)6/h8-12,24,27-28H,13-23H2,1-3,5-7H3;5-6,8,10-11,14,23-24H,1,7,9,12-13,15-21H2,3-4H3;7-10,21,24-25H,1,11-20H2,2-4,6H3/b12-9+;;/t24-,27+,28+;23-,24-;21-,24+,25+/m101/s1. The number of carbonyl (C=O) groups is 3. The van der Waals surface area contributed by atoms with Gasteiger partial charge in [-0.1, -0.05) is 69.5 Å². The Morgan fingerprint density at radius 1 is 0.472 bits per heavy atom. The summed E-state index contributed by atoms with van der Waals surface area (Å²) in [6.07, 6.45) is 15.3. The van der Waals surface area contributed by atoms with Crippen molar-refractivity contribution in [2.75, 3.05) is 209 Å². The van der Waals surface area contributed by atoms with E-state index in [-0.39, 0.29) is 55.5 Å². The molecule has 7 aromatic rings. The van der Waals surface area contributed by atoms with E-state index in [1.165, 1.54) is 68.8 Å². The molecule has 8 atom stereocenters. The van der Waals surface area contributed by atoms with Crippen LogP contribution in [0.4, 0.5) is 34.5 Å². The lowest BCUT2D eigenvalue weighted by molar-refractivity contribution is -0.129. The molecule has 29 heteroatoms. The number of likely N-dealkylation sites (N-methyl/N-ethyl adjacent to an activating group) is 4. The van der Waals surface area contributed by atoms with Crippen LogP contribution >= 0.6 is 0 Å². The van der Waals surface area contributed by atoms with Crippen LogP contribution in [0.15, 0.2) is 104 Å². The quantitative estimate of drug-likeness (QED) is 0.0430. The summed E-state index contributed by atoms with van der Waals surface area (Å²) >= 11 is 0. The number of carbonyl (C=O) groups excluding carboxylic acids is 3. The summed E-state index contributed by atoms with van der Waals surface area (Å²) in [7, 11) is 12.5. The van der Waals surface area contributed by atoms with Crippen molar-refractivity contribution >= 4 is 63.1 Å². The number of amides is 3. The second-order valence-corrected chi connectivity index (χ2v) is 35.9. The number of benzene rings is 3. The van der Waals surface area contributed by atoms with Crippen molar-refractivity contribution in [2.45, 2.75) is 142 Å². The fourth-order valence-corrected chi connectivity index (χ4v) is 19.8. The van der Waals surface area contributed by atoms with E-state index in [4.69, 9.17) is 63.8 Å². The van der Waals surface area contributed by atoms with E-state index >= 15 is 0 Å². The summed E-state index contributed by atoms with van der Waals surface area (Å²) in [4.78, 5) is 107. The number of aromatic nitrogens is 7. The first kappa shape index (κ1) is 89.8. The third-order valence-corrected chi connectivity index (χ3v) is 27.0. The van der Waals surface area contributed by atoms with Gasteiger partial charge >= 0.3 is 18.0 Å². The molecule has 0 aliphatic carbocycles. The molecule has 0 radical (unpaired) electrons. The maximum absolute atomic E-state index is 13.1. The first-order valence-corrected chi connectivity index (χ1v) is 44.7. The van der Waals surface area contributed by atoms with Crippen LogP contribution in [-0.4, -0.2) is 302 Å². The lowest BCUT2D eigenvalue weighted by Gasteiger charge is -2.41. The Hall–Kier alpha value is -11.4. The van der Waals surface area contributed by atoms with E-state index in [1.807, 2.05) is 30.0 Å². The van der Waals surface area contributed by atoms with Crippen LogP contribution in [-0.2, 0) is 60.3 Å². The predicted molar refractivity (Wildman–Crippen MR) is 493 cm³/mol. The van der Waals surface area contributed by atoms with E-state index in [2.05, 4.69) is 213 Å². The molecule has 0 saturated carbocycles. The van der Waals surface area contributed by atoms with Crippen molar-refractivity contribution in [2.24, 2.45) is 18.9 Å². The highest BCUT2D eigenvalue weighted by Crippen LogP contribution is 2.40. The minimum absolute atomic E-state index is 0.0343. The highest BCUT2D eigenvalue weighted by atomic mass is 16.5. The number of para-hydroxylation sites is 1. The number of nitrogens with zero attached hydrogens (tertiary/aromatic N) is 23. The molecule has 16 rings (SSSR count). The Labute approximate surface area is 739 Å². The van der Waals surface area contributed by atoms with Crippen LogP contribution in [0.5, 0.6) is 18.0 Å². The fourth-order valence-electron chi connectivity index (χ4n) is 19.8. The van der Waals surface area contributed by atoms with Gasteiger partial charge in [0, 0.05) is 169 Å². The third-order valence-electron chi connectivity index (χ3n) is 27.0. The predicted octanol–water partition coefficient (Wildman–Crippen LogP) is 10.1. The van der Waals surface area contributed by atoms with Crippen molar-refractivity contribution < 1.29 is 28.6 Å². The normalized spacial score (nSPS) is 22.2. The van der Waals surface area contributed by atoms with Gasteiger partial charge in [-0.3, -0.25) is 24.2 Å². The monoisotopic (exact) mass is 1700 g/mol. The molecule has 13 heterocycles. The Morgan fingerprint density at radius 3 is 1.26 bits per heavy atom. The van der Waals surface area contributed by atoms with Gasteiger partial charge < -0.3 is 87.2 Å². The van der Waals surface area contributed by atoms with Gasteiger partial charge in [0.2, 0.25) is 37.4 Å². The zero-order chi connectivity index (χ0) is 88.3. The molecule has 125 heavy (non-hydrogen) atoms. The lowest BCUT2D eigenvalue weighted by atomic mass is 10.0. The van der Waals surface area contributed by atoms with E-state index in [1.54, 1.807) is 15.9 Å². The Bertz CT molecular complexity index is 5200. The Balaban J connectivity index is 0.000000153. The fraction of sp³-hybridized carbons (Fsp3) is 0.542. The molecule has 0 N–H and O–H groups in total. The summed E-state index contributed by atoms with van der Waals surface area (Å²) in [5, 5.41) is 1.22. The number of aryl methyl sites for hydroxylation is 3. The number of likely N-dealkylation sites (tertiary alicyclic amines) is 3. The molecule has 9 aliphatic heterocycles. The van der Waals surface area contributed by atoms with E-state index in [0.29, 0.717) is 153 Å². The number of hydrogen-bond donors (Lipinski definition) is 0. The maximum atomic E-state index is 13.1. The van der Waals surface area contributed by atoms with E-state index in [0.717, 1.165) is 129 Å². The molecule has 0 unspecified atom stereocenters. The second-order valence-electron chi connectivity index (χ2n) is 35.9. The molecule has 3 amide bonds. The topological polar surface area (TPSA) is 216 Å². The molecule has 29 nitrogen and oxygen atoms in total. The highest BCUT2D eigenvalue weighted by molar-refractivity contribution is 5.93. The van der Waals surface area contributed by atoms with Gasteiger partial charge in [0.1, 0.15) is 55.4 Å². The zero-order valence-electron chi connectivity index (χ0n) is 75.6. The van der Waals surface area contributed by atoms with Gasteiger partial charge in [0.05, 0.1) is 47.9 Å². The zero-order valence-corrected chi connectivity index (χ0v) is 75.6. The minimum atomic E-state index is -0.219. The molecule has 0 bridgehead atoms. The molecular formula is C96H127N23O6. The van der Waals surface area contributed by atoms with Crippen molar-refractivity contribution in [3.05, 3.63) is 195 Å². The summed E-state index contributed by atoms with van der Waals surface area (Å²) < 4.78 is 21.1. The molecule has 4 aromatic heterocycles. The van der Waals surface area contributed by atoms with Gasteiger partial charge in [-0.25, -0.2) is 19.7 Å². The molecule has 3 aromatic carbocycles. The van der Waals surface area contributed by atoms with Gasteiger partial charge in [0.25, 0.3) is 0 Å². The van der Waals surface area contributed by atoms with Crippen molar-refractivity contribution in [3.63, 3.8) is 0 Å². The van der Waals surface area contributed by atoms with Gasteiger partial charge in [-0.2, -0.15) is 29.9 Å². The average Bonchev–Trinajstić information content (AvgIpc) is 1.09. The van der Waals surface area contributed by atoms with Crippen molar-refractivity contribution in [3.8, 4) is 18.0 Å². The van der Waals surface area contributed by atoms with Gasteiger partial charge in [0.15, 0.2) is 0 Å². The number of fused-ring (bicyclic) bond motifs is 4. The Kier molecular flexibility index (Phi) is 29.3. The summed E-state index contributed by atoms with van der Waals surface area (Å²) in [5.74, 6) is 3.67. The largest absolute Gasteiger partial charge is 0.462 e. The molecular weight excluding hydrogens is 1570 g/mol. The number of hydrogen-bond acceptors (Lipinski definition) is 22. The van der Waals surface area contributed by atoms with Crippen LogP contribution < -0.4 is 43.6 Å². The second kappa shape index (κ2) is 40.7.